The van der Waals surface area contributed by atoms with Crippen LogP contribution in [0.1, 0.15) is 93.8 Å². The number of ether oxygens (including phenoxy) is 1. The highest BCUT2D eigenvalue weighted by atomic mass is 16.5. The fraction of sp³-hybridized carbons (Fsp3) is 0.385. The van der Waals surface area contributed by atoms with E-state index in [2.05, 4.69) is 13.8 Å². The Kier molecular flexibility index (Phi) is 12.7. The quantitative estimate of drug-likeness (QED) is 0.267. The van der Waals surface area contributed by atoms with Crippen molar-refractivity contribution in [3.63, 3.8) is 0 Å². The average molecular weight is 473 g/mol. The van der Waals surface area contributed by atoms with E-state index in [-0.39, 0.29) is 22.3 Å². The number of hydrogen-bond acceptors (Lipinski definition) is 5. The summed E-state index contributed by atoms with van der Waals surface area (Å²) >= 11 is 0. The molecule has 0 bridgehead atoms. The molecule has 2 aromatic rings. The van der Waals surface area contributed by atoms with E-state index in [9.17, 15) is 19.2 Å². The van der Waals surface area contributed by atoms with Crippen LogP contribution in [0.15, 0.2) is 48.5 Å². The third kappa shape index (κ3) is 10.3. The predicted octanol–water partition coefficient (Wildman–Crippen LogP) is 5.62. The Bertz CT molecular complexity index is 932. The lowest BCUT2D eigenvalue weighted by Crippen LogP contribution is -2.12. The second-order valence-electron chi connectivity index (χ2n) is 8.09. The van der Waals surface area contributed by atoms with E-state index in [1.54, 1.807) is 12.1 Å². The van der Waals surface area contributed by atoms with Gasteiger partial charge in [0.15, 0.2) is 0 Å². The first-order chi connectivity index (χ1) is 16.1. The Morgan fingerprint density at radius 2 is 1.03 bits per heavy atom. The van der Waals surface area contributed by atoms with Crippen molar-refractivity contribution >= 4 is 23.9 Å². The van der Waals surface area contributed by atoms with E-state index < -0.39 is 23.9 Å². The molecule has 0 aromatic heterocycles. The Hall–Kier alpha value is -3.68. The van der Waals surface area contributed by atoms with Crippen LogP contribution in [0.2, 0.25) is 0 Å². The van der Waals surface area contributed by atoms with E-state index in [4.69, 9.17) is 20.1 Å². The molecule has 0 aliphatic carbocycles. The summed E-state index contributed by atoms with van der Waals surface area (Å²) in [6, 6.07) is 11.6. The maximum atomic E-state index is 11.9. The fourth-order valence-electron chi connectivity index (χ4n) is 3.13. The first-order valence-corrected chi connectivity index (χ1v) is 11.2. The fourth-order valence-corrected chi connectivity index (χ4v) is 3.13. The van der Waals surface area contributed by atoms with Gasteiger partial charge in [-0.15, -0.1) is 0 Å². The van der Waals surface area contributed by atoms with Gasteiger partial charge < -0.3 is 20.1 Å². The van der Waals surface area contributed by atoms with Crippen LogP contribution in [-0.2, 0) is 4.74 Å². The van der Waals surface area contributed by atoms with Gasteiger partial charge in [0.2, 0.25) is 0 Å². The van der Waals surface area contributed by atoms with Gasteiger partial charge in [0.1, 0.15) is 0 Å². The molecule has 184 valence electrons. The summed E-state index contributed by atoms with van der Waals surface area (Å²) in [4.78, 5) is 43.9. The number of hydrogen-bond donors (Lipinski definition) is 3. The van der Waals surface area contributed by atoms with Crippen LogP contribution >= 0.6 is 0 Å². The molecular weight excluding hydrogens is 440 g/mol. The molecule has 8 nitrogen and oxygen atoms in total. The molecule has 0 aliphatic rings. The number of rotatable bonds is 12. The van der Waals surface area contributed by atoms with E-state index >= 15 is 0 Å². The van der Waals surface area contributed by atoms with Crippen LogP contribution in [0, 0.1) is 5.92 Å². The second-order valence-corrected chi connectivity index (χ2v) is 8.09. The van der Waals surface area contributed by atoms with Crippen molar-refractivity contribution in [2.75, 3.05) is 6.61 Å². The van der Waals surface area contributed by atoms with Gasteiger partial charge in [0.25, 0.3) is 0 Å². The van der Waals surface area contributed by atoms with Crippen LogP contribution in [0.3, 0.4) is 0 Å². The summed E-state index contributed by atoms with van der Waals surface area (Å²) < 4.78 is 5.16. The maximum absolute atomic E-state index is 11.9. The number of benzene rings is 2. The largest absolute Gasteiger partial charge is 0.478 e. The van der Waals surface area contributed by atoms with Crippen molar-refractivity contribution in [1.82, 2.24) is 0 Å². The number of unbranched alkanes of at least 4 members (excludes halogenated alkanes) is 4. The van der Waals surface area contributed by atoms with Crippen molar-refractivity contribution in [2.24, 2.45) is 5.92 Å². The highest BCUT2D eigenvalue weighted by Gasteiger charge is 2.16. The van der Waals surface area contributed by atoms with Crippen LogP contribution in [-0.4, -0.2) is 45.8 Å². The summed E-state index contributed by atoms with van der Waals surface area (Å²) in [5.41, 5.74) is -0.275. The van der Waals surface area contributed by atoms with Crippen LogP contribution in [0.5, 0.6) is 0 Å². The molecule has 0 atom stereocenters. The molecule has 0 unspecified atom stereocenters. The third-order valence-corrected chi connectivity index (χ3v) is 4.92. The van der Waals surface area contributed by atoms with Crippen molar-refractivity contribution in [3.05, 3.63) is 70.8 Å². The van der Waals surface area contributed by atoms with Gasteiger partial charge in [-0.2, -0.15) is 0 Å². The van der Waals surface area contributed by atoms with E-state index in [1.165, 1.54) is 55.7 Å². The van der Waals surface area contributed by atoms with E-state index in [1.807, 2.05) is 0 Å². The lowest BCUT2D eigenvalue weighted by molar-refractivity contribution is 0.0487. The highest BCUT2D eigenvalue weighted by molar-refractivity contribution is 6.02. The molecule has 34 heavy (non-hydrogen) atoms. The van der Waals surface area contributed by atoms with Gasteiger partial charge >= 0.3 is 23.9 Å². The molecule has 0 saturated heterocycles. The number of carboxylic acids is 3. The van der Waals surface area contributed by atoms with Crippen molar-refractivity contribution in [2.45, 2.75) is 52.4 Å². The highest BCUT2D eigenvalue weighted by Crippen LogP contribution is 2.13. The van der Waals surface area contributed by atoms with Crippen molar-refractivity contribution in [3.8, 4) is 0 Å². The first kappa shape index (κ1) is 28.4. The molecule has 0 heterocycles. The summed E-state index contributed by atoms with van der Waals surface area (Å²) in [6.45, 7) is 4.81. The first-order valence-electron chi connectivity index (χ1n) is 11.2. The minimum Gasteiger partial charge on any atom is -0.478 e. The summed E-state index contributed by atoms with van der Waals surface area (Å²) in [5, 5.41) is 26.1. The molecule has 3 N–H and O–H groups in total. The Labute approximate surface area is 199 Å². The average Bonchev–Trinajstić information content (AvgIpc) is 2.80. The normalized spacial score (nSPS) is 10.2. The molecule has 0 fully saturated rings. The molecule has 0 spiro atoms. The molecule has 0 aliphatic heterocycles. The van der Waals surface area contributed by atoms with Crippen LogP contribution < -0.4 is 0 Å². The van der Waals surface area contributed by atoms with Crippen molar-refractivity contribution in [1.29, 1.82) is 0 Å². The summed E-state index contributed by atoms with van der Waals surface area (Å²) in [6.07, 6.45) is 6.74. The molecule has 2 rings (SSSR count). The molecule has 0 saturated carbocycles. The van der Waals surface area contributed by atoms with Crippen LogP contribution in [0.4, 0.5) is 0 Å². The Balaban J connectivity index is 0.000000404. The monoisotopic (exact) mass is 472 g/mol. The molecule has 2 aromatic carbocycles. The smallest absolute Gasteiger partial charge is 0.339 e. The van der Waals surface area contributed by atoms with Gasteiger partial charge in [-0.1, -0.05) is 70.2 Å². The molecule has 0 radical (unpaired) electrons. The number of aromatic carboxylic acids is 3. The third-order valence-electron chi connectivity index (χ3n) is 4.92. The minimum absolute atomic E-state index is 0.0128. The van der Waals surface area contributed by atoms with Gasteiger partial charge in [0, 0.05) is 0 Å². The SMILES string of the molecule is CC(C)CCCCCCCOC(=O)c1ccccc1C(=O)O.O=C(O)c1ccccc1C(=O)O. The second kappa shape index (κ2) is 15.2. The van der Waals surface area contributed by atoms with E-state index in [0.29, 0.717) is 6.61 Å². The zero-order valence-electron chi connectivity index (χ0n) is 19.5. The number of esters is 1. The van der Waals surface area contributed by atoms with E-state index in [0.717, 1.165) is 25.2 Å². The lowest BCUT2D eigenvalue weighted by Gasteiger charge is -2.07. The standard InChI is InChI=1S/C18H26O4.C8H6O4/c1-14(2)10-6-4-3-5-9-13-22-18(21)16-12-8-7-11-15(16)17(19)20;9-7(10)5-3-1-2-4-6(5)8(11)12/h7-8,11-12,14H,3-6,9-10,13H2,1-2H3,(H,19,20);1-4H,(H,9,10)(H,11,12). The summed E-state index contributed by atoms with van der Waals surface area (Å²) in [7, 11) is 0. The van der Waals surface area contributed by atoms with Crippen molar-refractivity contribution < 1.29 is 39.2 Å². The van der Waals surface area contributed by atoms with Gasteiger partial charge in [0.05, 0.1) is 28.9 Å². The number of carbonyl (C=O) groups excluding carboxylic acids is 1. The topological polar surface area (TPSA) is 138 Å². The number of carbonyl (C=O) groups is 4. The molecule has 0 amide bonds. The van der Waals surface area contributed by atoms with Crippen LogP contribution in [0.25, 0.3) is 0 Å². The summed E-state index contributed by atoms with van der Waals surface area (Å²) in [5.74, 6) is -3.37. The van der Waals surface area contributed by atoms with Gasteiger partial charge in [-0.05, 0) is 36.6 Å². The Morgan fingerprint density at radius 1 is 0.647 bits per heavy atom. The zero-order chi connectivity index (χ0) is 25.5. The lowest BCUT2D eigenvalue weighted by atomic mass is 10.0. The zero-order valence-corrected chi connectivity index (χ0v) is 19.5. The Morgan fingerprint density at radius 3 is 1.47 bits per heavy atom. The maximum Gasteiger partial charge on any atom is 0.339 e. The molecular formula is C26H32O8. The van der Waals surface area contributed by atoms with Gasteiger partial charge in [-0.3, -0.25) is 0 Å². The minimum atomic E-state index is -1.23. The molecule has 8 heteroatoms. The van der Waals surface area contributed by atoms with Gasteiger partial charge in [-0.25, -0.2) is 19.2 Å². The number of carboxylic acid groups (broad SMARTS) is 3. The predicted molar refractivity (Wildman–Crippen MR) is 127 cm³/mol.